The second-order valence-electron chi connectivity index (χ2n) is 7.09. The van der Waals surface area contributed by atoms with Crippen LogP contribution in [0.5, 0.6) is 11.5 Å². The smallest absolute Gasteiger partial charge is 0.234 e. The lowest BCUT2D eigenvalue weighted by molar-refractivity contribution is -0.113. The zero-order valence-electron chi connectivity index (χ0n) is 17.6. The van der Waals surface area contributed by atoms with Gasteiger partial charge in [-0.2, -0.15) is 0 Å². The van der Waals surface area contributed by atoms with Gasteiger partial charge in [0.05, 0.1) is 16.5 Å². The average molecular weight is 465 g/mol. The molecule has 0 aliphatic carbocycles. The van der Waals surface area contributed by atoms with Crippen LogP contribution in [-0.2, 0) is 11.8 Å². The maximum Gasteiger partial charge on any atom is 0.234 e. The van der Waals surface area contributed by atoms with Crippen LogP contribution in [-0.4, -0.2) is 26.4 Å². The molecule has 0 saturated heterocycles. The molecule has 0 unspecified atom stereocenters. The molecular formula is C24H21ClN4O2S. The van der Waals surface area contributed by atoms with Gasteiger partial charge in [0.15, 0.2) is 16.7 Å². The van der Waals surface area contributed by atoms with E-state index in [0.717, 1.165) is 11.1 Å². The molecule has 8 heteroatoms. The number of hydrogen-bond donors (Lipinski definition) is 1. The van der Waals surface area contributed by atoms with Gasteiger partial charge in [-0.15, -0.1) is 10.2 Å². The number of para-hydroxylation sites is 2. The zero-order chi connectivity index (χ0) is 22.5. The van der Waals surface area contributed by atoms with Crippen LogP contribution in [0.15, 0.2) is 78.0 Å². The summed E-state index contributed by atoms with van der Waals surface area (Å²) in [7, 11) is 1.85. The highest BCUT2D eigenvalue weighted by atomic mass is 35.5. The monoisotopic (exact) mass is 464 g/mol. The number of benzene rings is 3. The van der Waals surface area contributed by atoms with Crippen LogP contribution in [0, 0.1) is 6.92 Å². The Labute approximate surface area is 195 Å². The Morgan fingerprint density at radius 1 is 1.03 bits per heavy atom. The van der Waals surface area contributed by atoms with Gasteiger partial charge >= 0.3 is 0 Å². The van der Waals surface area contributed by atoms with Gasteiger partial charge in [0, 0.05) is 12.6 Å². The summed E-state index contributed by atoms with van der Waals surface area (Å²) in [5.74, 6) is 1.94. The van der Waals surface area contributed by atoms with Crippen LogP contribution in [0.3, 0.4) is 0 Å². The standard InChI is InChI=1S/C24H21ClN4O2S/c1-16-11-13-17(14-12-16)31-21-10-6-5-9-20(21)26-22(30)15-32-24-28-27-23(29(24)2)18-7-3-4-8-19(18)25/h3-14H,15H2,1-2H3,(H,26,30). The minimum atomic E-state index is -0.169. The summed E-state index contributed by atoms with van der Waals surface area (Å²) >= 11 is 7.57. The maximum absolute atomic E-state index is 12.6. The molecule has 162 valence electrons. The number of amides is 1. The Morgan fingerprint density at radius 3 is 2.53 bits per heavy atom. The third kappa shape index (κ3) is 5.12. The van der Waals surface area contributed by atoms with Gasteiger partial charge in [-0.1, -0.05) is 65.3 Å². The number of halogens is 1. The van der Waals surface area contributed by atoms with Crippen molar-refractivity contribution in [2.24, 2.45) is 7.05 Å². The minimum Gasteiger partial charge on any atom is -0.455 e. The lowest BCUT2D eigenvalue weighted by Crippen LogP contribution is -2.15. The van der Waals surface area contributed by atoms with E-state index >= 15 is 0 Å². The number of carbonyl (C=O) groups excluding carboxylic acids is 1. The van der Waals surface area contributed by atoms with E-state index in [-0.39, 0.29) is 11.7 Å². The molecule has 32 heavy (non-hydrogen) atoms. The van der Waals surface area contributed by atoms with Crippen LogP contribution in [0.2, 0.25) is 5.02 Å². The molecule has 0 atom stereocenters. The molecule has 0 saturated carbocycles. The Kier molecular flexibility index (Phi) is 6.78. The van der Waals surface area contributed by atoms with E-state index in [1.165, 1.54) is 11.8 Å². The van der Waals surface area contributed by atoms with Crippen molar-refractivity contribution in [2.45, 2.75) is 12.1 Å². The maximum atomic E-state index is 12.6. The van der Waals surface area contributed by atoms with Gasteiger partial charge in [-0.05, 0) is 43.3 Å². The first-order valence-corrected chi connectivity index (χ1v) is 11.3. The van der Waals surface area contributed by atoms with E-state index in [9.17, 15) is 4.79 Å². The van der Waals surface area contributed by atoms with Crippen molar-refractivity contribution in [3.05, 3.63) is 83.4 Å². The first-order valence-electron chi connectivity index (χ1n) is 9.92. The molecule has 0 spiro atoms. The van der Waals surface area contributed by atoms with Crippen molar-refractivity contribution in [3.63, 3.8) is 0 Å². The van der Waals surface area contributed by atoms with Gasteiger partial charge in [-0.3, -0.25) is 4.79 Å². The van der Waals surface area contributed by atoms with Crippen LogP contribution in [0.4, 0.5) is 5.69 Å². The van der Waals surface area contributed by atoms with E-state index < -0.39 is 0 Å². The Bertz CT molecular complexity index is 1240. The quantitative estimate of drug-likeness (QED) is 0.341. The number of aromatic nitrogens is 3. The van der Waals surface area contributed by atoms with Gasteiger partial charge in [-0.25, -0.2) is 0 Å². The third-order valence-corrected chi connectivity index (χ3v) is 6.04. The first kappa shape index (κ1) is 21.9. The molecule has 6 nitrogen and oxygen atoms in total. The molecule has 0 radical (unpaired) electrons. The summed E-state index contributed by atoms with van der Waals surface area (Å²) in [5, 5.41) is 12.6. The fraction of sp³-hybridized carbons (Fsp3) is 0.125. The molecule has 1 heterocycles. The molecule has 0 aliphatic rings. The van der Waals surface area contributed by atoms with E-state index in [4.69, 9.17) is 16.3 Å². The molecule has 1 N–H and O–H groups in total. The van der Waals surface area contributed by atoms with Crippen LogP contribution < -0.4 is 10.1 Å². The fourth-order valence-electron chi connectivity index (χ4n) is 3.03. The Balaban J connectivity index is 1.41. The van der Waals surface area contributed by atoms with E-state index in [1.54, 1.807) is 0 Å². The number of carbonyl (C=O) groups is 1. The molecule has 1 amide bonds. The van der Waals surface area contributed by atoms with Crippen molar-refractivity contribution >= 4 is 35.0 Å². The molecule has 0 fully saturated rings. The lowest BCUT2D eigenvalue weighted by Gasteiger charge is -2.12. The van der Waals surface area contributed by atoms with Crippen LogP contribution >= 0.6 is 23.4 Å². The van der Waals surface area contributed by atoms with Gasteiger partial charge in [0.2, 0.25) is 5.91 Å². The number of thioether (sulfide) groups is 1. The van der Waals surface area contributed by atoms with Crippen molar-refractivity contribution in [1.82, 2.24) is 14.8 Å². The van der Waals surface area contributed by atoms with Crippen LogP contribution in [0.25, 0.3) is 11.4 Å². The summed E-state index contributed by atoms with van der Waals surface area (Å²) in [4.78, 5) is 12.6. The normalized spacial score (nSPS) is 10.7. The van der Waals surface area contributed by atoms with E-state index in [0.29, 0.717) is 33.2 Å². The lowest BCUT2D eigenvalue weighted by atomic mass is 10.2. The van der Waals surface area contributed by atoms with Crippen LogP contribution in [0.1, 0.15) is 5.56 Å². The second kappa shape index (κ2) is 9.89. The highest BCUT2D eigenvalue weighted by Gasteiger charge is 2.15. The first-order chi connectivity index (χ1) is 15.5. The third-order valence-electron chi connectivity index (χ3n) is 4.69. The van der Waals surface area contributed by atoms with Crippen molar-refractivity contribution in [2.75, 3.05) is 11.1 Å². The topological polar surface area (TPSA) is 69.0 Å². The Morgan fingerprint density at radius 2 is 1.75 bits per heavy atom. The number of ether oxygens (including phenoxy) is 1. The largest absolute Gasteiger partial charge is 0.455 e. The second-order valence-corrected chi connectivity index (χ2v) is 8.44. The van der Waals surface area contributed by atoms with E-state index in [1.807, 2.05) is 91.3 Å². The highest BCUT2D eigenvalue weighted by molar-refractivity contribution is 7.99. The van der Waals surface area contributed by atoms with Crippen molar-refractivity contribution in [3.8, 4) is 22.9 Å². The zero-order valence-corrected chi connectivity index (χ0v) is 19.2. The summed E-state index contributed by atoms with van der Waals surface area (Å²) in [6.07, 6.45) is 0. The SMILES string of the molecule is Cc1ccc(Oc2ccccc2NC(=O)CSc2nnc(-c3ccccc3Cl)n2C)cc1. The predicted molar refractivity (Wildman–Crippen MR) is 128 cm³/mol. The van der Waals surface area contributed by atoms with Gasteiger partial charge < -0.3 is 14.6 Å². The molecule has 4 rings (SSSR count). The molecular weight excluding hydrogens is 444 g/mol. The van der Waals surface area contributed by atoms with Crippen molar-refractivity contribution < 1.29 is 9.53 Å². The molecule has 0 bridgehead atoms. The highest BCUT2D eigenvalue weighted by Crippen LogP contribution is 2.31. The summed E-state index contributed by atoms with van der Waals surface area (Å²) in [6, 6.07) is 22.5. The Hall–Kier alpha value is -3.29. The van der Waals surface area contributed by atoms with Crippen molar-refractivity contribution in [1.29, 1.82) is 0 Å². The minimum absolute atomic E-state index is 0.169. The van der Waals surface area contributed by atoms with Gasteiger partial charge in [0.25, 0.3) is 0 Å². The molecule has 4 aromatic rings. The average Bonchev–Trinajstić information content (AvgIpc) is 3.15. The molecule has 1 aromatic heterocycles. The summed E-state index contributed by atoms with van der Waals surface area (Å²) < 4.78 is 7.78. The number of aryl methyl sites for hydroxylation is 1. The van der Waals surface area contributed by atoms with Gasteiger partial charge in [0.1, 0.15) is 5.75 Å². The number of rotatable bonds is 7. The summed E-state index contributed by atoms with van der Waals surface area (Å²) in [6.45, 7) is 2.02. The molecule has 3 aromatic carbocycles. The number of nitrogens with one attached hydrogen (secondary N) is 1. The number of nitrogens with zero attached hydrogens (tertiary/aromatic N) is 3. The fourth-order valence-corrected chi connectivity index (χ4v) is 3.96. The predicted octanol–water partition coefficient (Wildman–Crippen LogP) is 5.97. The van der Waals surface area contributed by atoms with E-state index in [2.05, 4.69) is 15.5 Å². The number of hydrogen-bond acceptors (Lipinski definition) is 5. The number of anilines is 1. The summed E-state index contributed by atoms with van der Waals surface area (Å²) in [5.41, 5.74) is 2.55. The molecule has 0 aliphatic heterocycles.